The van der Waals surface area contributed by atoms with E-state index in [2.05, 4.69) is 20.4 Å². The van der Waals surface area contributed by atoms with E-state index in [9.17, 15) is 8.78 Å². The van der Waals surface area contributed by atoms with Crippen LogP contribution in [0.2, 0.25) is 0 Å². The summed E-state index contributed by atoms with van der Waals surface area (Å²) in [5, 5.41) is 6.48. The van der Waals surface area contributed by atoms with Crippen LogP contribution in [0.3, 0.4) is 0 Å². The fraction of sp³-hybridized carbons (Fsp3) is 0.562. The van der Waals surface area contributed by atoms with Gasteiger partial charge in [-0.1, -0.05) is 6.07 Å². The number of hydrogen-bond acceptors (Lipinski definition) is 3. The molecular weight excluding hydrogens is 431 g/mol. The number of nitrogens with zero attached hydrogens (tertiary/aromatic N) is 1. The summed E-state index contributed by atoms with van der Waals surface area (Å²) in [5.74, 6) is 1.87. The molecule has 0 saturated heterocycles. The van der Waals surface area contributed by atoms with Crippen molar-refractivity contribution in [2.45, 2.75) is 25.9 Å². The summed E-state index contributed by atoms with van der Waals surface area (Å²) in [5.41, 5.74) is 0.881. The Bertz CT molecular complexity index is 540. The van der Waals surface area contributed by atoms with E-state index in [-0.39, 0.29) is 29.7 Å². The molecular formula is C16H24F2IN3O2. The summed E-state index contributed by atoms with van der Waals surface area (Å²) in [6.45, 7) is -1.29. The molecule has 5 nitrogen and oxygen atoms in total. The van der Waals surface area contributed by atoms with Crippen LogP contribution in [-0.4, -0.2) is 39.8 Å². The van der Waals surface area contributed by atoms with E-state index >= 15 is 0 Å². The maximum absolute atomic E-state index is 12.4. The summed E-state index contributed by atoms with van der Waals surface area (Å²) in [6.07, 6.45) is 3.22. The van der Waals surface area contributed by atoms with Crippen molar-refractivity contribution in [2.75, 3.05) is 27.2 Å². The lowest BCUT2D eigenvalue weighted by molar-refractivity contribution is -0.0512. The quantitative estimate of drug-likeness (QED) is 0.360. The Hall–Kier alpha value is -1.32. The topological polar surface area (TPSA) is 54.9 Å². The molecule has 0 spiro atoms. The maximum Gasteiger partial charge on any atom is 0.387 e. The van der Waals surface area contributed by atoms with Crippen molar-refractivity contribution < 1.29 is 18.3 Å². The zero-order valence-electron chi connectivity index (χ0n) is 13.9. The van der Waals surface area contributed by atoms with Crippen LogP contribution in [0.15, 0.2) is 23.2 Å². The van der Waals surface area contributed by atoms with Crippen LogP contribution >= 0.6 is 24.0 Å². The van der Waals surface area contributed by atoms with Gasteiger partial charge >= 0.3 is 6.61 Å². The van der Waals surface area contributed by atoms with Crippen molar-refractivity contribution in [1.29, 1.82) is 0 Å². The van der Waals surface area contributed by atoms with E-state index in [1.165, 1.54) is 20.0 Å². The minimum atomic E-state index is -2.87. The van der Waals surface area contributed by atoms with Crippen LogP contribution in [-0.2, 0) is 6.42 Å². The Balaban J connectivity index is 0.00000288. The van der Waals surface area contributed by atoms with Gasteiger partial charge in [0.15, 0.2) is 17.5 Å². The molecule has 0 radical (unpaired) electrons. The normalized spacial score (nSPS) is 14.1. The molecule has 1 aliphatic carbocycles. The molecule has 136 valence electrons. The monoisotopic (exact) mass is 455 g/mol. The summed E-state index contributed by atoms with van der Waals surface area (Å²) < 4.78 is 34.3. The van der Waals surface area contributed by atoms with Gasteiger partial charge in [0, 0.05) is 20.1 Å². The van der Waals surface area contributed by atoms with E-state index in [1.54, 1.807) is 19.2 Å². The number of halogens is 3. The van der Waals surface area contributed by atoms with Crippen molar-refractivity contribution in [3.05, 3.63) is 23.8 Å². The second-order valence-electron chi connectivity index (χ2n) is 5.44. The van der Waals surface area contributed by atoms with Crippen LogP contribution in [0.4, 0.5) is 8.78 Å². The maximum atomic E-state index is 12.4. The first-order chi connectivity index (χ1) is 11.1. The summed E-state index contributed by atoms with van der Waals surface area (Å²) in [4.78, 5) is 4.15. The molecule has 0 atom stereocenters. The van der Waals surface area contributed by atoms with Crippen molar-refractivity contribution in [1.82, 2.24) is 10.6 Å². The number of hydrogen-bond donors (Lipinski definition) is 2. The van der Waals surface area contributed by atoms with E-state index < -0.39 is 6.61 Å². The van der Waals surface area contributed by atoms with Crippen molar-refractivity contribution in [3.63, 3.8) is 0 Å². The Kier molecular flexibility index (Phi) is 9.09. The van der Waals surface area contributed by atoms with E-state index in [0.717, 1.165) is 24.0 Å². The Morgan fingerprint density at radius 2 is 2.04 bits per heavy atom. The minimum absolute atomic E-state index is 0. The predicted molar refractivity (Wildman–Crippen MR) is 101 cm³/mol. The molecule has 0 amide bonds. The highest BCUT2D eigenvalue weighted by atomic mass is 127. The molecule has 2 rings (SSSR count). The average Bonchev–Trinajstić information content (AvgIpc) is 3.34. The van der Waals surface area contributed by atoms with E-state index in [4.69, 9.17) is 4.74 Å². The predicted octanol–water partition coefficient (Wildman–Crippen LogP) is 3.03. The van der Waals surface area contributed by atoms with Crippen molar-refractivity contribution in [3.8, 4) is 11.5 Å². The molecule has 0 unspecified atom stereocenters. The highest BCUT2D eigenvalue weighted by Gasteiger charge is 2.21. The Morgan fingerprint density at radius 1 is 1.29 bits per heavy atom. The van der Waals surface area contributed by atoms with Gasteiger partial charge in [-0.05, 0) is 42.9 Å². The van der Waals surface area contributed by atoms with Gasteiger partial charge in [-0.2, -0.15) is 8.78 Å². The van der Waals surface area contributed by atoms with Crippen LogP contribution in [0, 0.1) is 5.92 Å². The van der Waals surface area contributed by atoms with E-state index in [1.807, 2.05) is 6.07 Å². The average molecular weight is 455 g/mol. The van der Waals surface area contributed by atoms with Gasteiger partial charge in [-0.3, -0.25) is 4.99 Å². The number of methoxy groups -OCH3 is 1. The lowest BCUT2D eigenvalue weighted by Crippen LogP contribution is -2.39. The second kappa shape index (κ2) is 10.5. The van der Waals surface area contributed by atoms with Crippen molar-refractivity contribution >= 4 is 29.9 Å². The Labute approximate surface area is 158 Å². The summed E-state index contributed by atoms with van der Waals surface area (Å²) in [7, 11) is 3.15. The molecule has 1 fully saturated rings. The number of ether oxygens (including phenoxy) is 2. The molecule has 0 aromatic heterocycles. The third kappa shape index (κ3) is 7.06. The fourth-order valence-electron chi connectivity index (χ4n) is 2.17. The van der Waals surface area contributed by atoms with Gasteiger partial charge < -0.3 is 20.1 Å². The highest BCUT2D eigenvalue weighted by Crippen LogP contribution is 2.29. The van der Waals surface area contributed by atoms with E-state index in [0.29, 0.717) is 18.7 Å². The van der Waals surface area contributed by atoms with Crippen LogP contribution in [0.5, 0.6) is 11.5 Å². The first-order valence-electron chi connectivity index (χ1n) is 7.68. The largest absolute Gasteiger partial charge is 0.493 e. The molecule has 0 bridgehead atoms. The smallest absolute Gasteiger partial charge is 0.387 e. The third-order valence-corrected chi connectivity index (χ3v) is 3.63. The molecule has 1 aromatic rings. The van der Waals surface area contributed by atoms with Crippen LogP contribution < -0.4 is 20.1 Å². The molecule has 1 aliphatic rings. The van der Waals surface area contributed by atoms with Gasteiger partial charge in [0.05, 0.1) is 7.11 Å². The minimum Gasteiger partial charge on any atom is -0.493 e. The summed E-state index contributed by atoms with van der Waals surface area (Å²) >= 11 is 0. The molecule has 0 heterocycles. The zero-order chi connectivity index (χ0) is 16.7. The number of alkyl halides is 2. The number of nitrogens with one attached hydrogen (secondary N) is 2. The van der Waals surface area contributed by atoms with Gasteiger partial charge in [0.2, 0.25) is 0 Å². The van der Waals surface area contributed by atoms with Crippen LogP contribution in [0.1, 0.15) is 18.4 Å². The zero-order valence-corrected chi connectivity index (χ0v) is 16.2. The number of benzene rings is 1. The number of aliphatic imine (C=N–C) groups is 1. The fourth-order valence-corrected chi connectivity index (χ4v) is 2.17. The Morgan fingerprint density at radius 3 is 2.62 bits per heavy atom. The lowest BCUT2D eigenvalue weighted by Gasteiger charge is -2.13. The summed E-state index contributed by atoms with van der Waals surface area (Å²) in [6, 6.07) is 5.04. The lowest BCUT2D eigenvalue weighted by atomic mass is 10.1. The van der Waals surface area contributed by atoms with Gasteiger partial charge in [0.25, 0.3) is 0 Å². The molecule has 1 saturated carbocycles. The molecule has 1 aromatic carbocycles. The highest BCUT2D eigenvalue weighted by molar-refractivity contribution is 14.0. The molecule has 24 heavy (non-hydrogen) atoms. The van der Waals surface area contributed by atoms with Gasteiger partial charge in [-0.25, -0.2) is 0 Å². The van der Waals surface area contributed by atoms with Gasteiger partial charge in [-0.15, -0.1) is 24.0 Å². The molecule has 8 heteroatoms. The standard InChI is InChI=1S/C16H23F2N3O2.HI/c1-19-16(21-10-12-3-4-12)20-8-7-11-5-6-13(22-2)14(9-11)23-15(17)18;/h5-6,9,12,15H,3-4,7-8,10H2,1-2H3,(H2,19,20,21);1H. The van der Waals surface area contributed by atoms with Gasteiger partial charge in [0.1, 0.15) is 0 Å². The number of guanidine groups is 1. The number of rotatable bonds is 8. The molecule has 2 N–H and O–H groups in total. The van der Waals surface area contributed by atoms with Crippen molar-refractivity contribution in [2.24, 2.45) is 10.9 Å². The SMILES string of the molecule is CN=C(NCCc1ccc(OC)c(OC(F)F)c1)NCC1CC1.I. The first kappa shape index (κ1) is 20.7. The second-order valence-corrected chi connectivity index (χ2v) is 5.44. The molecule has 0 aliphatic heterocycles. The van der Waals surface area contributed by atoms with Crippen LogP contribution in [0.25, 0.3) is 0 Å². The third-order valence-electron chi connectivity index (χ3n) is 3.63. The first-order valence-corrected chi connectivity index (χ1v) is 7.68.